The Balaban J connectivity index is 0.00000240. The van der Waals surface area contributed by atoms with Gasteiger partial charge in [-0.2, -0.15) is 0 Å². The molecule has 2 fully saturated rings. The predicted octanol–water partition coefficient (Wildman–Crippen LogP) is 4.43. The van der Waals surface area contributed by atoms with Gasteiger partial charge in [-0.3, -0.25) is 4.79 Å². The highest BCUT2D eigenvalue weighted by Crippen LogP contribution is 2.28. The Kier molecular flexibility index (Phi) is 7.24. The number of likely N-dealkylation sites (tertiary alicyclic amines) is 1. The molecule has 8 heteroatoms. The highest BCUT2D eigenvalue weighted by molar-refractivity contribution is 5.93. The maximum absolute atomic E-state index is 13.8. The Morgan fingerprint density at radius 3 is 2.55 bits per heavy atom. The zero-order valence-electron chi connectivity index (χ0n) is 16.2. The average molecular weight is 426 g/mol. The first-order chi connectivity index (χ1) is 13.6. The van der Waals surface area contributed by atoms with Crippen molar-refractivity contribution in [3.8, 4) is 11.3 Å². The smallest absolute Gasteiger partial charge is 0.273 e. The van der Waals surface area contributed by atoms with Crippen LogP contribution in [0.4, 0.5) is 8.78 Å². The fraction of sp³-hybridized carbons (Fsp3) is 0.524. The van der Waals surface area contributed by atoms with Gasteiger partial charge < -0.3 is 14.7 Å². The highest BCUT2D eigenvalue weighted by atomic mass is 35.5. The number of nitrogens with zero attached hydrogens (tertiary/aromatic N) is 2. The van der Waals surface area contributed by atoms with E-state index in [1.165, 1.54) is 37.8 Å². The van der Waals surface area contributed by atoms with Crippen LogP contribution in [0.15, 0.2) is 28.8 Å². The molecular formula is C21H26ClF2N3O2. The summed E-state index contributed by atoms with van der Waals surface area (Å²) < 4.78 is 32.0. The molecule has 158 valence electrons. The third-order valence-electron chi connectivity index (χ3n) is 5.98. The van der Waals surface area contributed by atoms with E-state index in [0.717, 1.165) is 44.1 Å². The summed E-state index contributed by atoms with van der Waals surface area (Å²) in [6.07, 6.45) is 7.52. The zero-order chi connectivity index (χ0) is 19.5. The lowest BCUT2D eigenvalue weighted by Crippen LogP contribution is -2.42. The number of aromatic nitrogens is 1. The quantitative estimate of drug-likeness (QED) is 0.770. The molecule has 0 bridgehead atoms. The normalized spacial score (nSPS) is 18.6. The number of benzene rings is 1. The molecule has 1 aromatic heterocycles. The first-order valence-corrected chi connectivity index (χ1v) is 10.0. The minimum absolute atomic E-state index is 0. The summed E-state index contributed by atoms with van der Waals surface area (Å²) in [4.78, 5) is 15.0. The Bertz CT molecular complexity index is 831. The van der Waals surface area contributed by atoms with Crippen LogP contribution in [0, 0.1) is 17.6 Å². The van der Waals surface area contributed by atoms with Gasteiger partial charge in [-0.1, -0.05) is 18.0 Å². The molecule has 5 nitrogen and oxygen atoms in total. The van der Waals surface area contributed by atoms with Crippen LogP contribution in [0.3, 0.4) is 0 Å². The molecule has 1 amide bonds. The standard InChI is InChI=1S/C21H25F2N3O2.ClH/c22-15-5-6-17(18(23)11-15)20-12-19(25-28-20)21(27)24-13-14-7-9-26(10-8-14)16-3-1-2-4-16;/h5-6,11-12,14,16H,1-4,7-10,13H2,(H,24,27);1H. The van der Waals surface area contributed by atoms with Gasteiger partial charge in [-0.25, -0.2) is 8.78 Å². The van der Waals surface area contributed by atoms with E-state index in [0.29, 0.717) is 12.5 Å². The maximum atomic E-state index is 13.8. The molecule has 1 aliphatic carbocycles. The van der Waals surface area contributed by atoms with Gasteiger partial charge >= 0.3 is 0 Å². The summed E-state index contributed by atoms with van der Waals surface area (Å²) in [6, 6.07) is 5.32. The van der Waals surface area contributed by atoms with Gasteiger partial charge in [0.25, 0.3) is 5.91 Å². The summed E-state index contributed by atoms with van der Waals surface area (Å²) in [5.74, 6) is -1.19. The minimum atomic E-state index is -0.753. The molecule has 29 heavy (non-hydrogen) atoms. The van der Waals surface area contributed by atoms with Gasteiger partial charge in [-0.05, 0) is 56.8 Å². The molecule has 1 saturated heterocycles. The second-order valence-corrected chi connectivity index (χ2v) is 7.83. The second-order valence-electron chi connectivity index (χ2n) is 7.83. The van der Waals surface area contributed by atoms with Crippen molar-refractivity contribution in [2.45, 2.75) is 44.6 Å². The van der Waals surface area contributed by atoms with Crippen LogP contribution >= 0.6 is 12.4 Å². The molecule has 1 N–H and O–H groups in total. The van der Waals surface area contributed by atoms with Gasteiger partial charge in [0.05, 0.1) is 5.56 Å². The van der Waals surface area contributed by atoms with E-state index in [-0.39, 0.29) is 35.3 Å². The number of hydrogen-bond donors (Lipinski definition) is 1. The van der Waals surface area contributed by atoms with Gasteiger partial charge in [-0.15, -0.1) is 12.4 Å². The first kappa shape index (κ1) is 21.7. The Morgan fingerprint density at radius 1 is 1.14 bits per heavy atom. The van der Waals surface area contributed by atoms with Crippen molar-refractivity contribution in [3.05, 3.63) is 41.6 Å². The maximum Gasteiger partial charge on any atom is 0.273 e. The van der Waals surface area contributed by atoms with Crippen LogP contribution in [0.1, 0.15) is 49.0 Å². The first-order valence-electron chi connectivity index (χ1n) is 10.0. The fourth-order valence-corrected chi connectivity index (χ4v) is 4.32. The average Bonchev–Trinajstić information content (AvgIpc) is 3.39. The Hall–Kier alpha value is -1.99. The number of rotatable bonds is 5. The minimum Gasteiger partial charge on any atom is -0.355 e. The van der Waals surface area contributed by atoms with Crippen LogP contribution in [0.5, 0.6) is 0 Å². The van der Waals surface area contributed by atoms with Crippen LogP contribution in [0.2, 0.25) is 0 Å². The van der Waals surface area contributed by atoms with E-state index in [1.54, 1.807) is 0 Å². The summed E-state index contributed by atoms with van der Waals surface area (Å²) in [5, 5.41) is 6.64. The highest BCUT2D eigenvalue weighted by Gasteiger charge is 2.27. The molecule has 2 heterocycles. The van der Waals surface area contributed by atoms with Crippen molar-refractivity contribution in [2.24, 2.45) is 5.92 Å². The number of carbonyl (C=O) groups is 1. The molecular weight excluding hydrogens is 400 g/mol. The van der Waals surface area contributed by atoms with E-state index < -0.39 is 11.6 Å². The molecule has 1 saturated carbocycles. The summed E-state index contributed by atoms with van der Waals surface area (Å²) in [6.45, 7) is 2.80. The van der Waals surface area contributed by atoms with E-state index in [1.807, 2.05) is 0 Å². The number of carbonyl (C=O) groups excluding carboxylic acids is 1. The lowest BCUT2D eigenvalue weighted by atomic mass is 9.95. The van der Waals surface area contributed by atoms with E-state index in [2.05, 4.69) is 15.4 Å². The predicted molar refractivity (Wildman–Crippen MR) is 108 cm³/mol. The Morgan fingerprint density at radius 2 is 1.86 bits per heavy atom. The van der Waals surface area contributed by atoms with E-state index in [9.17, 15) is 13.6 Å². The van der Waals surface area contributed by atoms with E-state index >= 15 is 0 Å². The summed E-state index contributed by atoms with van der Waals surface area (Å²) in [7, 11) is 0. The van der Waals surface area contributed by atoms with Crippen molar-refractivity contribution in [3.63, 3.8) is 0 Å². The third kappa shape index (κ3) is 5.14. The summed E-state index contributed by atoms with van der Waals surface area (Å²) in [5.41, 5.74) is 0.175. The molecule has 1 aliphatic heterocycles. The van der Waals surface area contributed by atoms with Crippen molar-refractivity contribution in [1.29, 1.82) is 0 Å². The number of halogens is 3. The largest absolute Gasteiger partial charge is 0.355 e. The molecule has 2 aliphatic rings. The second kappa shape index (κ2) is 9.67. The van der Waals surface area contributed by atoms with E-state index in [4.69, 9.17) is 4.52 Å². The number of amides is 1. The van der Waals surface area contributed by atoms with Gasteiger partial charge in [0, 0.05) is 24.7 Å². The molecule has 4 rings (SSSR count). The monoisotopic (exact) mass is 425 g/mol. The van der Waals surface area contributed by atoms with Gasteiger partial charge in [0.15, 0.2) is 11.5 Å². The molecule has 0 unspecified atom stereocenters. The van der Waals surface area contributed by atoms with Crippen molar-refractivity contribution in [1.82, 2.24) is 15.4 Å². The lowest BCUT2D eigenvalue weighted by molar-refractivity contribution is 0.0916. The molecule has 1 aromatic carbocycles. The zero-order valence-corrected chi connectivity index (χ0v) is 17.0. The van der Waals surface area contributed by atoms with Crippen LogP contribution in [-0.4, -0.2) is 41.6 Å². The third-order valence-corrected chi connectivity index (χ3v) is 5.98. The van der Waals surface area contributed by atoms with Crippen LogP contribution < -0.4 is 5.32 Å². The topological polar surface area (TPSA) is 58.4 Å². The lowest BCUT2D eigenvalue weighted by Gasteiger charge is -2.36. The number of piperidine rings is 1. The molecule has 2 aromatic rings. The molecule has 0 atom stereocenters. The fourth-order valence-electron chi connectivity index (χ4n) is 4.32. The van der Waals surface area contributed by atoms with Gasteiger partial charge in [0.2, 0.25) is 0 Å². The molecule has 0 spiro atoms. The van der Waals surface area contributed by atoms with Crippen LogP contribution in [-0.2, 0) is 0 Å². The van der Waals surface area contributed by atoms with Gasteiger partial charge in [0.1, 0.15) is 11.6 Å². The van der Waals surface area contributed by atoms with Crippen molar-refractivity contribution >= 4 is 18.3 Å². The number of nitrogens with one attached hydrogen (secondary N) is 1. The van der Waals surface area contributed by atoms with Crippen molar-refractivity contribution < 1.29 is 18.1 Å². The van der Waals surface area contributed by atoms with Crippen LogP contribution in [0.25, 0.3) is 11.3 Å². The number of hydrogen-bond acceptors (Lipinski definition) is 4. The molecule has 0 radical (unpaired) electrons. The SMILES string of the molecule is Cl.O=C(NCC1CCN(C2CCCC2)CC1)c1cc(-c2ccc(F)cc2F)on1. The Labute approximate surface area is 175 Å². The van der Waals surface area contributed by atoms with Crippen molar-refractivity contribution in [2.75, 3.05) is 19.6 Å². The summed E-state index contributed by atoms with van der Waals surface area (Å²) >= 11 is 0.